The zero-order chi connectivity index (χ0) is 19.0. The van der Waals surface area contributed by atoms with Crippen LogP contribution in [-0.2, 0) is 9.59 Å². The first kappa shape index (κ1) is 17.8. The van der Waals surface area contributed by atoms with E-state index in [0.717, 1.165) is 12.0 Å². The molecule has 1 aliphatic heterocycles. The lowest BCUT2D eigenvalue weighted by Crippen LogP contribution is -2.41. The first-order valence-corrected chi connectivity index (χ1v) is 9.78. The van der Waals surface area contributed by atoms with Gasteiger partial charge >= 0.3 is 0 Å². The molecule has 2 aromatic carbocycles. The summed E-state index contributed by atoms with van der Waals surface area (Å²) >= 11 is 0. The van der Waals surface area contributed by atoms with E-state index in [1.54, 1.807) is 0 Å². The summed E-state index contributed by atoms with van der Waals surface area (Å²) in [7, 11) is 0. The molecule has 1 heterocycles. The molecular weight excluding hydrogens is 336 g/mol. The topological polar surface area (TPSA) is 49.4 Å². The minimum Gasteiger partial charge on any atom is -0.330 e. The Bertz CT molecular complexity index is 819. The average Bonchev–Trinajstić information content (AvgIpc) is 3.42. The fourth-order valence-corrected chi connectivity index (χ4v) is 4.16. The Morgan fingerprint density at radius 1 is 1.04 bits per heavy atom. The second-order valence-corrected chi connectivity index (χ2v) is 8.07. The molecule has 0 unspecified atom stereocenters. The first-order valence-electron chi connectivity index (χ1n) is 9.78. The maximum Gasteiger partial charge on any atom is 0.244 e. The molecule has 2 aliphatic rings. The fourth-order valence-electron chi connectivity index (χ4n) is 4.16. The molecule has 0 spiro atoms. The largest absolute Gasteiger partial charge is 0.330 e. The number of carbonyl (C=O) groups excluding carboxylic acids is 2. The van der Waals surface area contributed by atoms with Gasteiger partial charge in [-0.05, 0) is 35.8 Å². The highest BCUT2D eigenvalue weighted by molar-refractivity contribution is 5.93. The van der Waals surface area contributed by atoms with Crippen molar-refractivity contribution in [1.82, 2.24) is 10.2 Å². The minimum absolute atomic E-state index is 0.0269. The maximum absolute atomic E-state index is 13.4. The van der Waals surface area contributed by atoms with E-state index in [1.807, 2.05) is 53.4 Å². The second kappa shape index (κ2) is 7.18. The number of nitrogens with one attached hydrogen (secondary N) is 1. The van der Waals surface area contributed by atoms with Crippen LogP contribution in [-0.4, -0.2) is 22.8 Å². The van der Waals surface area contributed by atoms with Gasteiger partial charge in [-0.25, -0.2) is 0 Å². The highest BCUT2D eigenvalue weighted by Crippen LogP contribution is 2.50. The summed E-state index contributed by atoms with van der Waals surface area (Å²) < 4.78 is 0. The zero-order valence-corrected chi connectivity index (χ0v) is 15.8. The van der Waals surface area contributed by atoms with E-state index in [1.165, 1.54) is 5.56 Å². The smallest absolute Gasteiger partial charge is 0.244 e. The number of hydrogen-bond acceptors (Lipinski definition) is 2. The number of rotatable bonds is 5. The van der Waals surface area contributed by atoms with Crippen LogP contribution in [0, 0.1) is 11.8 Å². The molecule has 0 bridgehead atoms. The lowest BCUT2D eigenvalue weighted by atomic mass is 10.0. The highest BCUT2D eigenvalue weighted by Gasteiger charge is 2.52. The molecule has 27 heavy (non-hydrogen) atoms. The third-order valence-electron chi connectivity index (χ3n) is 5.60. The van der Waals surface area contributed by atoms with E-state index < -0.39 is 0 Å². The lowest BCUT2D eigenvalue weighted by molar-refractivity contribution is -0.138. The summed E-state index contributed by atoms with van der Waals surface area (Å²) in [6.45, 7) is 4.19. The van der Waals surface area contributed by atoms with Crippen LogP contribution in [0.25, 0.3) is 0 Å². The Kier molecular flexibility index (Phi) is 4.73. The van der Waals surface area contributed by atoms with E-state index >= 15 is 0 Å². The summed E-state index contributed by atoms with van der Waals surface area (Å²) in [6.07, 6.45) is 1.18. The number of benzene rings is 2. The van der Waals surface area contributed by atoms with Gasteiger partial charge in [-0.2, -0.15) is 0 Å². The van der Waals surface area contributed by atoms with Crippen LogP contribution < -0.4 is 5.32 Å². The summed E-state index contributed by atoms with van der Waals surface area (Å²) in [5.74, 6) is 0.644. The van der Waals surface area contributed by atoms with E-state index in [2.05, 4.69) is 31.3 Å². The van der Waals surface area contributed by atoms with Crippen molar-refractivity contribution >= 4 is 11.8 Å². The van der Waals surface area contributed by atoms with Gasteiger partial charge in [-0.15, -0.1) is 0 Å². The third-order valence-corrected chi connectivity index (χ3v) is 5.60. The van der Waals surface area contributed by atoms with Crippen molar-refractivity contribution < 1.29 is 9.59 Å². The molecule has 1 aliphatic carbocycles. The molecule has 4 rings (SSSR count). The van der Waals surface area contributed by atoms with Crippen LogP contribution in [0.4, 0.5) is 0 Å². The molecule has 0 radical (unpaired) electrons. The quantitative estimate of drug-likeness (QED) is 0.878. The van der Waals surface area contributed by atoms with E-state index in [9.17, 15) is 9.59 Å². The maximum atomic E-state index is 13.4. The normalized spacial score (nSPS) is 26.9. The Morgan fingerprint density at radius 2 is 1.63 bits per heavy atom. The van der Waals surface area contributed by atoms with Gasteiger partial charge in [-0.3, -0.25) is 9.59 Å². The lowest BCUT2D eigenvalue weighted by Gasteiger charge is -2.29. The molecule has 2 aromatic rings. The van der Waals surface area contributed by atoms with Crippen molar-refractivity contribution in [3.8, 4) is 0 Å². The van der Waals surface area contributed by atoms with Crippen molar-refractivity contribution in [3.63, 3.8) is 0 Å². The van der Waals surface area contributed by atoms with Crippen molar-refractivity contribution in [1.29, 1.82) is 0 Å². The summed E-state index contributed by atoms with van der Waals surface area (Å²) in [5, 5.41) is 3.06. The van der Waals surface area contributed by atoms with Crippen molar-refractivity contribution in [3.05, 3.63) is 71.8 Å². The molecule has 2 fully saturated rings. The van der Waals surface area contributed by atoms with Crippen LogP contribution in [0.5, 0.6) is 0 Å². The Labute approximate surface area is 160 Å². The van der Waals surface area contributed by atoms with Gasteiger partial charge in [0.1, 0.15) is 12.2 Å². The average molecular weight is 362 g/mol. The summed E-state index contributed by atoms with van der Waals surface area (Å²) in [5.41, 5.74) is 2.17. The van der Waals surface area contributed by atoms with Crippen molar-refractivity contribution in [2.24, 2.45) is 11.8 Å². The zero-order valence-electron chi connectivity index (χ0n) is 15.8. The molecule has 4 atom stereocenters. The van der Waals surface area contributed by atoms with Crippen LogP contribution in [0.1, 0.15) is 49.9 Å². The van der Waals surface area contributed by atoms with E-state index in [4.69, 9.17) is 0 Å². The van der Waals surface area contributed by atoms with Crippen LogP contribution in [0.2, 0.25) is 0 Å². The van der Waals surface area contributed by atoms with Gasteiger partial charge < -0.3 is 10.2 Å². The molecule has 1 N–H and O–H groups in total. The number of carbonyl (C=O) groups is 2. The van der Waals surface area contributed by atoms with Gasteiger partial charge in [0.25, 0.3) is 0 Å². The molecule has 0 aromatic heterocycles. The predicted octanol–water partition coefficient (Wildman–Crippen LogP) is 3.86. The van der Waals surface area contributed by atoms with Gasteiger partial charge in [0, 0.05) is 5.92 Å². The van der Waals surface area contributed by atoms with E-state index in [0.29, 0.717) is 12.3 Å². The molecule has 2 amide bonds. The molecule has 1 saturated carbocycles. The molecule has 4 heteroatoms. The molecular formula is C23H26N2O2. The Hall–Kier alpha value is -2.62. The van der Waals surface area contributed by atoms with Crippen molar-refractivity contribution in [2.75, 3.05) is 0 Å². The van der Waals surface area contributed by atoms with E-state index in [-0.39, 0.29) is 35.9 Å². The summed E-state index contributed by atoms with van der Waals surface area (Å²) in [6, 6.07) is 19.6. The van der Waals surface area contributed by atoms with Crippen LogP contribution in [0.3, 0.4) is 0 Å². The standard InChI is InChI=1S/C23H26N2O2/c1-15(2)13-20-22(26)24-21(17-11-7-4-8-12-17)25(20)23(27)19-14-18(19)16-9-5-3-6-10-16/h3-12,15,18-21H,13-14H2,1-2H3,(H,24,26)/t18-,19+,20+,21-/m1/s1. The summed E-state index contributed by atoms with van der Waals surface area (Å²) in [4.78, 5) is 28.0. The van der Waals surface area contributed by atoms with Gasteiger partial charge in [0.2, 0.25) is 11.8 Å². The number of nitrogens with zero attached hydrogens (tertiary/aromatic N) is 1. The van der Waals surface area contributed by atoms with Crippen LogP contribution >= 0.6 is 0 Å². The number of amides is 2. The predicted molar refractivity (Wildman–Crippen MR) is 105 cm³/mol. The monoisotopic (exact) mass is 362 g/mol. The Morgan fingerprint density at radius 3 is 2.22 bits per heavy atom. The SMILES string of the molecule is CC(C)C[C@H]1C(=O)N[C@@H](c2ccccc2)N1C(=O)[C@H]1C[C@@H]1c1ccccc1. The van der Waals surface area contributed by atoms with Gasteiger partial charge in [-0.1, -0.05) is 74.5 Å². The highest BCUT2D eigenvalue weighted by atomic mass is 16.2. The van der Waals surface area contributed by atoms with Crippen molar-refractivity contribution in [2.45, 2.75) is 44.8 Å². The fraction of sp³-hybridized carbons (Fsp3) is 0.391. The van der Waals surface area contributed by atoms with Gasteiger partial charge in [0.15, 0.2) is 0 Å². The van der Waals surface area contributed by atoms with Gasteiger partial charge in [0.05, 0.1) is 0 Å². The minimum atomic E-state index is -0.389. The third kappa shape index (κ3) is 3.48. The molecule has 140 valence electrons. The molecule has 1 saturated heterocycles. The first-order chi connectivity index (χ1) is 13.1. The number of hydrogen-bond donors (Lipinski definition) is 1. The molecule has 4 nitrogen and oxygen atoms in total. The Balaban J connectivity index is 1.61. The second-order valence-electron chi connectivity index (χ2n) is 8.07. The van der Waals surface area contributed by atoms with Crippen LogP contribution in [0.15, 0.2) is 60.7 Å².